The molecule has 0 spiro atoms. The van der Waals surface area contributed by atoms with Crippen LogP contribution in [0, 0.1) is 5.92 Å². The van der Waals surface area contributed by atoms with E-state index in [0.717, 1.165) is 30.4 Å². The van der Waals surface area contributed by atoms with Crippen molar-refractivity contribution in [3.63, 3.8) is 0 Å². The minimum Gasteiger partial charge on any atom is -0.390 e. The van der Waals surface area contributed by atoms with Crippen LogP contribution in [0.25, 0.3) is 0 Å². The molecule has 0 bridgehead atoms. The van der Waals surface area contributed by atoms with Gasteiger partial charge in [-0.15, -0.1) is 11.6 Å². The first-order valence-electron chi connectivity index (χ1n) is 6.56. The lowest BCUT2D eigenvalue weighted by Crippen LogP contribution is -2.43. The monoisotopic (exact) mass is 269 g/mol. The number of nitrogens with one attached hydrogen (secondary N) is 1. The van der Waals surface area contributed by atoms with E-state index in [4.69, 9.17) is 11.6 Å². The number of alkyl halides is 1. The van der Waals surface area contributed by atoms with Crippen molar-refractivity contribution in [1.29, 1.82) is 0 Å². The van der Waals surface area contributed by atoms with Gasteiger partial charge in [-0.25, -0.2) is 0 Å². The van der Waals surface area contributed by atoms with Gasteiger partial charge >= 0.3 is 0 Å². The molecule has 0 saturated heterocycles. The van der Waals surface area contributed by atoms with Crippen molar-refractivity contribution < 1.29 is 9.90 Å². The van der Waals surface area contributed by atoms with Crippen molar-refractivity contribution in [1.82, 2.24) is 5.32 Å². The van der Waals surface area contributed by atoms with Crippen LogP contribution in [0.15, 0.2) is 23.3 Å². The van der Waals surface area contributed by atoms with Crippen molar-refractivity contribution in [3.8, 4) is 0 Å². The van der Waals surface area contributed by atoms with Gasteiger partial charge in [-0.2, -0.15) is 0 Å². The van der Waals surface area contributed by atoms with E-state index >= 15 is 0 Å². The Balaban J connectivity index is 2.12. The molecular weight excluding hydrogens is 250 g/mol. The fourth-order valence-electron chi connectivity index (χ4n) is 2.82. The molecule has 0 fully saturated rings. The average molecular weight is 270 g/mol. The third-order valence-corrected chi connectivity index (χ3v) is 4.11. The van der Waals surface area contributed by atoms with E-state index in [-0.39, 0.29) is 17.9 Å². The highest BCUT2D eigenvalue weighted by Crippen LogP contribution is 2.29. The summed E-state index contributed by atoms with van der Waals surface area (Å²) in [5, 5.41) is 13.3. The van der Waals surface area contributed by atoms with E-state index in [0.29, 0.717) is 12.3 Å². The molecule has 0 aromatic rings. The van der Waals surface area contributed by atoms with E-state index in [1.165, 1.54) is 0 Å². The van der Waals surface area contributed by atoms with E-state index in [9.17, 15) is 9.90 Å². The molecule has 4 heteroatoms. The van der Waals surface area contributed by atoms with Gasteiger partial charge in [0.25, 0.3) is 0 Å². The smallest absolute Gasteiger partial charge is 0.247 e. The quantitative estimate of drug-likeness (QED) is 0.607. The Morgan fingerprint density at radius 2 is 2.39 bits per heavy atom. The summed E-state index contributed by atoms with van der Waals surface area (Å²) >= 11 is 5.70. The predicted molar refractivity (Wildman–Crippen MR) is 72.5 cm³/mol. The molecule has 0 saturated carbocycles. The summed E-state index contributed by atoms with van der Waals surface area (Å²) in [6, 6.07) is -0.247. The van der Waals surface area contributed by atoms with Gasteiger partial charge in [-0.1, -0.05) is 12.2 Å². The molecule has 2 unspecified atom stereocenters. The van der Waals surface area contributed by atoms with Gasteiger partial charge in [0.15, 0.2) is 0 Å². The number of allylic oxidation sites excluding steroid dienone is 1. The van der Waals surface area contributed by atoms with Crippen LogP contribution in [0.3, 0.4) is 0 Å². The van der Waals surface area contributed by atoms with Gasteiger partial charge < -0.3 is 10.4 Å². The highest BCUT2D eigenvalue weighted by atomic mass is 35.5. The summed E-state index contributed by atoms with van der Waals surface area (Å²) in [4.78, 5) is 11.8. The lowest BCUT2D eigenvalue weighted by atomic mass is 9.85. The van der Waals surface area contributed by atoms with E-state index < -0.39 is 6.10 Å². The highest BCUT2D eigenvalue weighted by Gasteiger charge is 2.36. The average Bonchev–Trinajstić information content (AvgIpc) is 2.67. The molecule has 1 amide bonds. The maximum atomic E-state index is 11.8. The Labute approximate surface area is 113 Å². The molecule has 100 valence electrons. The SMILES string of the molecule is CC1=C(CCCl)C(=O)NC1C(O)[C@@H]1C=CCCC1. The maximum Gasteiger partial charge on any atom is 0.247 e. The number of aliphatic hydroxyl groups excluding tert-OH is 1. The number of carbonyl (C=O) groups is 1. The van der Waals surface area contributed by atoms with Gasteiger partial charge in [0, 0.05) is 17.4 Å². The normalized spacial score (nSPS) is 29.6. The first-order chi connectivity index (χ1) is 8.65. The molecule has 2 N–H and O–H groups in total. The van der Waals surface area contributed by atoms with Crippen LogP contribution in [0.1, 0.15) is 32.6 Å². The van der Waals surface area contributed by atoms with Crippen LogP contribution in [0.2, 0.25) is 0 Å². The van der Waals surface area contributed by atoms with Gasteiger partial charge in [0.1, 0.15) is 0 Å². The number of hydrogen-bond donors (Lipinski definition) is 2. The van der Waals surface area contributed by atoms with Crippen LogP contribution in [-0.2, 0) is 4.79 Å². The summed E-state index contributed by atoms with van der Waals surface area (Å²) < 4.78 is 0. The molecular formula is C14H20ClNO2. The molecule has 0 radical (unpaired) electrons. The fourth-order valence-corrected chi connectivity index (χ4v) is 3.01. The molecule has 0 aromatic heterocycles. The van der Waals surface area contributed by atoms with E-state index in [1.54, 1.807) is 0 Å². The second kappa shape index (κ2) is 5.89. The van der Waals surface area contributed by atoms with Crippen LogP contribution in [0.5, 0.6) is 0 Å². The van der Waals surface area contributed by atoms with Crippen molar-refractivity contribution in [2.24, 2.45) is 5.92 Å². The van der Waals surface area contributed by atoms with Crippen LogP contribution in [0.4, 0.5) is 0 Å². The molecule has 0 aromatic carbocycles. The highest BCUT2D eigenvalue weighted by molar-refractivity contribution is 6.18. The molecule has 2 rings (SSSR count). The Bertz CT molecular complexity index is 389. The topological polar surface area (TPSA) is 49.3 Å². The van der Waals surface area contributed by atoms with Crippen molar-refractivity contribution >= 4 is 17.5 Å². The summed E-state index contributed by atoms with van der Waals surface area (Å²) in [6.45, 7) is 1.92. The second-order valence-corrected chi connectivity index (χ2v) is 5.44. The lowest BCUT2D eigenvalue weighted by molar-refractivity contribution is -0.117. The minimum atomic E-state index is -0.529. The largest absolute Gasteiger partial charge is 0.390 e. The molecule has 3 atom stereocenters. The van der Waals surface area contributed by atoms with Crippen LogP contribution < -0.4 is 5.32 Å². The lowest BCUT2D eigenvalue weighted by Gasteiger charge is -2.28. The number of halogens is 1. The van der Waals surface area contributed by atoms with Crippen LogP contribution >= 0.6 is 11.6 Å². The Morgan fingerprint density at radius 3 is 3.00 bits per heavy atom. The number of rotatable bonds is 4. The number of hydrogen-bond acceptors (Lipinski definition) is 2. The summed E-state index contributed by atoms with van der Waals surface area (Å²) in [5.41, 5.74) is 1.70. The van der Waals surface area contributed by atoms with Crippen molar-refractivity contribution in [2.45, 2.75) is 44.8 Å². The zero-order valence-electron chi connectivity index (χ0n) is 10.7. The predicted octanol–water partition coefficient (Wildman–Crippen LogP) is 2.15. The summed E-state index contributed by atoms with van der Waals surface area (Å²) in [7, 11) is 0. The Hall–Kier alpha value is -0.800. The van der Waals surface area contributed by atoms with E-state index in [1.807, 2.05) is 6.92 Å². The Kier molecular flexibility index (Phi) is 4.46. The molecule has 1 aliphatic heterocycles. The number of carbonyl (C=O) groups excluding carboxylic acids is 1. The molecule has 1 aliphatic carbocycles. The zero-order valence-corrected chi connectivity index (χ0v) is 11.4. The zero-order chi connectivity index (χ0) is 13.1. The third-order valence-electron chi connectivity index (χ3n) is 3.92. The van der Waals surface area contributed by atoms with Gasteiger partial charge in [-0.3, -0.25) is 4.79 Å². The third kappa shape index (κ3) is 2.62. The van der Waals surface area contributed by atoms with Crippen molar-refractivity contribution in [2.75, 3.05) is 5.88 Å². The molecule has 18 heavy (non-hydrogen) atoms. The molecule has 2 aliphatic rings. The van der Waals surface area contributed by atoms with E-state index in [2.05, 4.69) is 17.5 Å². The Morgan fingerprint density at radius 1 is 1.61 bits per heavy atom. The molecule has 3 nitrogen and oxygen atoms in total. The first-order valence-corrected chi connectivity index (χ1v) is 7.09. The summed E-state index contributed by atoms with van der Waals surface area (Å²) in [6.07, 6.45) is 7.42. The van der Waals surface area contributed by atoms with Gasteiger partial charge in [-0.05, 0) is 38.2 Å². The number of aliphatic hydroxyl groups is 1. The molecule has 1 heterocycles. The van der Waals surface area contributed by atoms with Gasteiger partial charge in [0.2, 0.25) is 5.91 Å². The van der Waals surface area contributed by atoms with Crippen molar-refractivity contribution in [3.05, 3.63) is 23.3 Å². The van der Waals surface area contributed by atoms with Gasteiger partial charge in [0.05, 0.1) is 12.1 Å². The second-order valence-electron chi connectivity index (χ2n) is 5.07. The maximum absolute atomic E-state index is 11.8. The minimum absolute atomic E-state index is 0.0722. The fraction of sp³-hybridized carbons (Fsp3) is 0.643. The summed E-state index contributed by atoms with van der Waals surface area (Å²) in [5.74, 6) is 0.512. The first kappa shape index (κ1) is 13.6. The van der Waals surface area contributed by atoms with Crippen LogP contribution in [-0.4, -0.2) is 29.0 Å². The standard InChI is InChI=1S/C14H20ClNO2/c1-9-11(7-8-15)14(18)16-12(9)13(17)10-5-3-2-4-6-10/h3,5,10,12-13,17H,2,4,6-8H2,1H3,(H,16,18)/t10-,12?,13?/m1/s1. The number of amides is 1.